The summed E-state index contributed by atoms with van der Waals surface area (Å²) in [6.45, 7) is 2.07. The van der Waals surface area contributed by atoms with Gasteiger partial charge in [-0.05, 0) is 47.4 Å². The molecule has 0 saturated carbocycles. The van der Waals surface area contributed by atoms with Gasteiger partial charge in [-0.2, -0.15) is 0 Å². The van der Waals surface area contributed by atoms with Gasteiger partial charge < -0.3 is 0 Å². The molecule has 124 valence electrons. The maximum absolute atomic E-state index is 4.70. The van der Waals surface area contributed by atoms with Gasteiger partial charge in [0.25, 0.3) is 0 Å². The lowest BCUT2D eigenvalue weighted by atomic mass is 9.91. The summed E-state index contributed by atoms with van der Waals surface area (Å²) in [5.41, 5.74) is 8.53. The Morgan fingerprint density at radius 1 is 0.615 bits per heavy atom. The summed E-state index contributed by atoms with van der Waals surface area (Å²) in [5.74, 6) is 0. The second-order valence-corrected chi connectivity index (χ2v) is 7.63. The normalized spacial score (nSPS) is 11.9. The number of hydrogen-bond donors (Lipinski definition) is 0. The van der Waals surface area contributed by atoms with Crippen molar-refractivity contribution in [3.8, 4) is 33.5 Å². The van der Waals surface area contributed by atoms with Gasteiger partial charge in [0.2, 0.25) is 0 Å². The molecular formula is C24H17NS. The van der Waals surface area contributed by atoms with Crippen LogP contribution in [0.1, 0.15) is 5.56 Å². The predicted molar refractivity (Wildman–Crippen MR) is 109 cm³/mol. The zero-order valence-corrected chi connectivity index (χ0v) is 15.3. The van der Waals surface area contributed by atoms with E-state index in [0.29, 0.717) is 0 Å². The number of aryl methyl sites for hydroxylation is 1. The first kappa shape index (κ1) is 15.4. The minimum atomic E-state index is 1.02. The third-order valence-electron chi connectivity index (χ3n) is 4.81. The number of benzene rings is 3. The Balaban J connectivity index is 1.85. The second-order valence-electron chi connectivity index (χ2n) is 6.54. The van der Waals surface area contributed by atoms with Crippen LogP contribution in [0.4, 0.5) is 0 Å². The van der Waals surface area contributed by atoms with Crippen LogP contribution in [0.15, 0.2) is 94.9 Å². The van der Waals surface area contributed by atoms with Gasteiger partial charge in [0.15, 0.2) is 0 Å². The summed E-state index contributed by atoms with van der Waals surface area (Å²) in [5, 5.41) is 0. The molecule has 1 aliphatic rings. The first-order valence-corrected chi connectivity index (χ1v) is 9.55. The predicted octanol–water partition coefficient (Wildman–Crippen LogP) is 6.86. The highest BCUT2D eigenvalue weighted by atomic mass is 32.2. The zero-order chi connectivity index (χ0) is 17.5. The van der Waals surface area contributed by atoms with E-state index < -0.39 is 0 Å². The molecule has 0 amide bonds. The molecule has 0 radical (unpaired) electrons. The SMILES string of the molecule is Cc1ccc(-c2cccc3c2-c2ccccc2-c2ccccc2S3)nc1. The number of hydrogen-bond acceptors (Lipinski definition) is 2. The second kappa shape index (κ2) is 6.15. The number of aromatic nitrogens is 1. The Morgan fingerprint density at radius 3 is 2.12 bits per heavy atom. The maximum Gasteiger partial charge on any atom is 0.0708 e. The lowest BCUT2D eigenvalue weighted by molar-refractivity contribution is 1.26. The molecule has 0 N–H and O–H groups in total. The molecule has 26 heavy (non-hydrogen) atoms. The van der Waals surface area contributed by atoms with Crippen LogP contribution in [-0.2, 0) is 0 Å². The monoisotopic (exact) mass is 351 g/mol. The Labute approximate surface area is 157 Å². The van der Waals surface area contributed by atoms with E-state index in [1.54, 1.807) is 0 Å². The minimum absolute atomic E-state index is 1.02. The van der Waals surface area contributed by atoms with Crippen molar-refractivity contribution in [2.24, 2.45) is 0 Å². The van der Waals surface area contributed by atoms with E-state index in [1.807, 2.05) is 18.0 Å². The number of nitrogens with zero attached hydrogens (tertiary/aromatic N) is 1. The fraction of sp³-hybridized carbons (Fsp3) is 0.0417. The fourth-order valence-corrected chi connectivity index (χ4v) is 4.71. The average Bonchev–Trinajstić information content (AvgIpc) is 2.83. The van der Waals surface area contributed by atoms with Crippen LogP contribution >= 0.6 is 11.8 Å². The molecule has 4 aromatic rings. The standard InChI is InChI=1S/C24H17NS/c1-16-13-14-21(25-15-16)20-10-6-12-23-24(20)19-9-3-2-7-17(19)18-8-4-5-11-22(18)26-23/h2-15H,1H3. The van der Waals surface area contributed by atoms with Gasteiger partial charge >= 0.3 is 0 Å². The van der Waals surface area contributed by atoms with E-state index >= 15 is 0 Å². The van der Waals surface area contributed by atoms with Crippen LogP contribution < -0.4 is 0 Å². The van der Waals surface area contributed by atoms with E-state index in [-0.39, 0.29) is 0 Å². The Kier molecular flexibility index (Phi) is 3.65. The average molecular weight is 351 g/mol. The quantitative estimate of drug-likeness (QED) is 0.327. The van der Waals surface area contributed by atoms with E-state index in [2.05, 4.69) is 85.8 Å². The molecule has 0 atom stereocenters. The van der Waals surface area contributed by atoms with Gasteiger partial charge in [-0.1, -0.05) is 72.4 Å². The third kappa shape index (κ3) is 2.46. The topological polar surface area (TPSA) is 12.9 Å². The zero-order valence-electron chi connectivity index (χ0n) is 14.4. The number of rotatable bonds is 1. The van der Waals surface area contributed by atoms with Gasteiger partial charge in [0.05, 0.1) is 5.69 Å². The van der Waals surface area contributed by atoms with Crippen LogP contribution in [0.3, 0.4) is 0 Å². The summed E-state index contributed by atoms with van der Waals surface area (Å²) in [7, 11) is 0. The molecule has 0 aliphatic carbocycles. The number of pyridine rings is 1. The molecular weight excluding hydrogens is 334 g/mol. The molecule has 2 heterocycles. The van der Waals surface area contributed by atoms with Crippen molar-refractivity contribution < 1.29 is 0 Å². The van der Waals surface area contributed by atoms with Gasteiger partial charge in [0, 0.05) is 27.1 Å². The molecule has 1 aromatic heterocycles. The highest BCUT2D eigenvalue weighted by Gasteiger charge is 2.22. The van der Waals surface area contributed by atoms with Crippen LogP contribution in [0.5, 0.6) is 0 Å². The van der Waals surface area contributed by atoms with Gasteiger partial charge in [-0.3, -0.25) is 4.98 Å². The lowest BCUT2D eigenvalue weighted by Crippen LogP contribution is -1.91. The highest BCUT2D eigenvalue weighted by Crippen LogP contribution is 2.50. The van der Waals surface area contributed by atoms with Crippen LogP contribution in [0, 0.1) is 6.92 Å². The number of fused-ring (bicyclic) bond motifs is 5. The van der Waals surface area contributed by atoms with Gasteiger partial charge in [-0.25, -0.2) is 0 Å². The molecule has 2 heteroatoms. The molecule has 0 spiro atoms. The summed E-state index contributed by atoms with van der Waals surface area (Å²) >= 11 is 1.84. The molecule has 1 nitrogen and oxygen atoms in total. The summed E-state index contributed by atoms with van der Waals surface area (Å²) in [6.07, 6.45) is 1.94. The summed E-state index contributed by atoms with van der Waals surface area (Å²) in [6, 6.07) is 28.2. The molecule has 5 rings (SSSR count). The van der Waals surface area contributed by atoms with Crippen LogP contribution in [0.2, 0.25) is 0 Å². The summed E-state index contributed by atoms with van der Waals surface area (Å²) < 4.78 is 0. The van der Waals surface area contributed by atoms with Gasteiger partial charge in [-0.15, -0.1) is 0 Å². The van der Waals surface area contributed by atoms with Crippen LogP contribution in [-0.4, -0.2) is 4.98 Å². The Bertz CT molecular complexity index is 1110. The lowest BCUT2D eigenvalue weighted by Gasteiger charge is -2.14. The van der Waals surface area contributed by atoms with Crippen LogP contribution in [0.25, 0.3) is 33.5 Å². The highest BCUT2D eigenvalue weighted by molar-refractivity contribution is 7.99. The van der Waals surface area contributed by atoms with Crippen molar-refractivity contribution in [1.82, 2.24) is 4.98 Å². The van der Waals surface area contributed by atoms with Crippen molar-refractivity contribution in [3.05, 3.63) is 90.6 Å². The van der Waals surface area contributed by atoms with Crippen molar-refractivity contribution in [2.45, 2.75) is 16.7 Å². The summed E-state index contributed by atoms with van der Waals surface area (Å²) in [4.78, 5) is 7.28. The third-order valence-corrected chi connectivity index (χ3v) is 5.94. The molecule has 0 saturated heterocycles. The van der Waals surface area contributed by atoms with E-state index in [4.69, 9.17) is 4.98 Å². The fourth-order valence-electron chi connectivity index (χ4n) is 3.57. The molecule has 1 aliphatic heterocycles. The molecule has 0 unspecified atom stereocenters. The minimum Gasteiger partial charge on any atom is -0.256 e. The van der Waals surface area contributed by atoms with Gasteiger partial charge in [0.1, 0.15) is 0 Å². The molecule has 0 fully saturated rings. The van der Waals surface area contributed by atoms with Crippen molar-refractivity contribution in [1.29, 1.82) is 0 Å². The largest absolute Gasteiger partial charge is 0.256 e. The Hall–Kier alpha value is -2.84. The first-order chi connectivity index (χ1) is 12.8. The Morgan fingerprint density at radius 2 is 1.31 bits per heavy atom. The van der Waals surface area contributed by atoms with E-state index in [9.17, 15) is 0 Å². The van der Waals surface area contributed by atoms with E-state index in [1.165, 1.54) is 43.2 Å². The van der Waals surface area contributed by atoms with E-state index in [0.717, 1.165) is 5.69 Å². The van der Waals surface area contributed by atoms with Crippen molar-refractivity contribution in [3.63, 3.8) is 0 Å². The molecule has 3 aromatic carbocycles. The maximum atomic E-state index is 4.70. The molecule has 0 bridgehead atoms. The smallest absolute Gasteiger partial charge is 0.0708 e. The van der Waals surface area contributed by atoms with Crippen molar-refractivity contribution >= 4 is 11.8 Å². The first-order valence-electron chi connectivity index (χ1n) is 8.74. The van der Waals surface area contributed by atoms with Crippen molar-refractivity contribution in [2.75, 3.05) is 0 Å².